The van der Waals surface area contributed by atoms with Gasteiger partial charge in [0.05, 0.1) is 17.1 Å². The molecule has 0 unspecified atom stereocenters. The van der Waals surface area contributed by atoms with Gasteiger partial charge in [0.25, 0.3) is 0 Å². The lowest BCUT2D eigenvalue weighted by atomic mass is 10.3. The van der Waals surface area contributed by atoms with Gasteiger partial charge in [-0.05, 0) is 66.2 Å². The number of benzene rings is 2. The highest BCUT2D eigenvalue weighted by Gasteiger charge is 2.22. The largest absolute Gasteiger partial charge is 0.376 e. The molecular formula is C18H22BrN3O3S. The highest BCUT2D eigenvalue weighted by molar-refractivity contribution is 9.10. The van der Waals surface area contributed by atoms with E-state index in [1.807, 2.05) is 32.0 Å². The van der Waals surface area contributed by atoms with Gasteiger partial charge in [-0.25, -0.2) is 8.42 Å². The van der Waals surface area contributed by atoms with Crippen molar-refractivity contribution in [2.45, 2.75) is 24.8 Å². The van der Waals surface area contributed by atoms with Crippen molar-refractivity contribution in [3.8, 4) is 0 Å². The Bertz CT molecular complexity index is 868. The maximum Gasteiger partial charge on any atom is 0.243 e. The summed E-state index contributed by atoms with van der Waals surface area (Å²) in [6, 6.07) is 13.6. The molecule has 2 aromatic rings. The maximum absolute atomic E-state index is 12.4. The Balaban J connectivity index is 1.97. The standard InChI is InChI=1S/C18H22BrN3O3S/c1-13(2)22(3)26(24,25)15-10-8-14(9-11-15)20-12-18(23)21-17-7-5-4-6-16(17)19/h4-11,13,20H,12H2,1-3H3,(H,21,23). The first-order chi connectivity index (χ1) is 12.2. The monoisotopic (exact) mass is 439 g/mol. The molecule has 0 aliphatic heterocycles. The van der Waals surface area contributed by atoms with Crippen molar-refractivity contribution >= 4 is 43.2 Å². The van der Waals surface area contributed by atoms with Gasteiger partial charge < -0.3 is 10.6 Å². The number of rotatable bonds is 7. The van der Waals surface area contributed by atoms with Crippen molar-refractivity contribution in [3.05, 3.63) is 53.0 Å². The molecule has 0 bridgehead atoms. The van der Waals surface area contributed by atoms with E-state index in [0.717, 1.165) is 4.47 Å². The third-order valence-electron chi connectivity index (χ3n) is 3.86. The van der Waals surface area contributed by atoms with Gasteiger partial charge in [-0.15, -0.1) is 0 Å². The minimum absolute atomic E-state index is 0.0688. The second kappa shape index (κ2) is 8.66. The molecule has 8 heteroatoms. The van der Waals surface area contributed by atoms with Crippen LogP contribution < -0.4 is 10.6 Å². The van der Waals surface area contributed by atoms with Crippen molar-refractivity contribution in [3.63, 3.8) is 0 Å². The van der Waals surface area contributed by atoms with Crippen LogP contribution in [0.15, 0.2) is 57.9 Å². The number of hydrogen-bond acceptors (Lipinski definition) is 4. The summed E-state index contributed by atoms with van der Waals surface area (Å²) in [5, 5.41) is 5.77. The average Bonchev–Trinajstić information content (AvgIpc) is 2.61. The van der Waals surface area contributed by atoms with E-state index >= 15 is 0 Å². The molecule has 0 spiro atoms. The first kappa shape index (κ1) is 20.4. The average molecular weight is 440 g/mol. The van der Waals surface area contributed by atoms with E-state index in [0.29, 0.717) is 11.4 Å². The first-order valence-electron chi connectivity index (χ1n) is 8.08. The smallest absolute Gasteiger partial charge is 0.243 e. The fourth-order valence-corrected chi connectivity index (χ4v) is 3.88. The van der Waals surface area contributed by atoms with Crippen molar-refractivity contribution in [2.75, 3.05) is 24.2 Å². The summed E-state index contributed by atoms with van der Waals surface area (Å²) >= 11 is 3.37. The quantitative estimate of drug-likeness (QED) is 0.691. The van der Waals surface area contributed by atoms with Crippen molar-refractivity contribution in [1.82, 2.24) is 4.31 Å². The maximum atomic E-state index is 12.4. The van der Waals surface area contributed by atoms with E-state index in [1.54, 1.807) is 25.2 Å². The minimum atomic E-state index is -3.51. The molecule has 2 aromatic carbocycles. The molecule has 0 aliphatic carbocycles. The van der Waals surface area contributed by atoms with Crippen LogP contribution in [0.2, 0.25) is 0 Å². The number of nitrogens with zero attached hydrogens (tertiary/aromatic N) is 1. The van der Waals surface area contributed by atoms with E-state index in [9.17, 15) is 13.2 Å². The zero-order valence-electron chi connectivity index (χ0n) is 14.9. The second-order valence-electron chi connectivity index (χ2n) is 6.02. The van der Waals surface area contributed by atoms with E-state index in [1.165, 1.54) is 16.4 Å². The van der Waals surface area contributed by atoms with Crippen molar-refractivity contribution in [1.29, 1.82) is 0 Å². The fraction of sp³-hybridized carbons (Fsp3) is 0.278. The number of para-hydroxylation sites is 1. The molecule has 2 N–H and O–H groups in total. The van der Waals surface area contributed by atoms with Crippen LogP contribution in [-0.4, -0.2) is 38.3 Å². The number of carbonyl (C=O) groups excluding carboxylic acids is 1. The number of anilines is 2. The van der Waals surface area contributed by atoms with Crippen LogP contribution in [0.1, 0.15) is 13.8 Å². The van der Waals surface area contributed by atoms with E-state index in [2.05, 4.69) is 26.6 Å². The zero-order chi connectivity index (χ0) is 19.3. The van der Waals surface area contributed by atoms with Gasteiger partial charge in [-0.1, -0.05) is 12.1 Å². The molecule has 26 heavy (non-hydrogen) atoms. The Kier molecular flexibility index (Phi) is 6.80. The summed E-state index contributed by atoms with van der Waals surface area (Å²) in [5.41, 5.74) is 1.36. The molecule has 140 valence electrons. The molecule has 1 amide bonds. The summed E-state index contributed by atoms with van der Waals surface area (Å²) in [4.78, 5) is 12.3. The van der Waals surface area contributed by atoms with Gasteiger partial charge in [0.15, 0.2) is 0 Å². The summed E-state index contributed by atoms with van der Waals surface area (Å²) in [6.07, 6.45) is 0. The van der Waals surface area contributed by atoms with Crippen LogP contribution in [0.4, 0.5) is 11.4 Å². The van der Waals surface area contributed by atoms with E-state index < -0.39 is 10.0 Å². The Hall–Kier alpha value is -1.90. The molecule has 0 fully saturated rings. The topological polar surface area (TPSA) is 78.5 Å². The molecule has 0 saturated heterocycles. The highest BCUT2D eigenvalue weighted by atomic mass is 79.9. The number of sulfonamides is 1. The van der Waals surface area contributed by atoms with Gasteiger partial charge in [-0.2, -0.15) is 4.31 Å². The van der Waals surface area contributed by atoms with Crippen molar-refractivity contribution in [2.24, 2.45) is 0 Å². The third-order valence-corrected chi connectivity index (χ3v) is 6.60. The predicted molar refractivity (Wildman–Crippen MR) is 108 cm³/mol. The summed E-state index contributed by atoms with van der Waals surface area (Å²) in [7, 11) is -1.96. The molecule has 6 nitrogen and oxygen atoms in total. The van der Waals surface area contributed by atoms with Gasteiger partial charge in [0, 0.05) is 23.2 Å². The lowest BCUT2D eigenvalue weighted by Gasteiger charge is -2.21. The van der Waals surface area contributed by atoms with Gasteiger partial charge in [0.2, 0.25) is 15.9 Å². The number of halogens is 1. The first-order valence-corrected chi connectivity index (χ1v) is 10.3. The van der Waals surface area contributed by atoms with E-state index in [-0.39, 0.29) is 23.4 Å². The van der Waals surface area contributed by atoms with Crippen molar-refractivity contribution < 1.29 is 13.2 Å². The lowest BCUT2D eigenvalue weighted by Crippen LogP contribution is -2.33. The Morgan fingerprint density at radius 2 is 1.73 bits per heavy atom. The molecule has 0 atom stereocenters. The molecule has 0 aliphatic rings. The summed E-state index contributed by atoms with van der Waals surface area (Å²) < 4.78 is 27.0. The van der Waals surface area contributed by atoms with Crippen LogP contribution in [0, 0.1) is 0 Å². The molecule has 0 radical (unpaired) electrons. The Labute approximate surface area is 162 Å². The predicted octanol–water partition coefficient (Wildman–Crippen LogP) is 3.53. The molecule has 0 saturated carbocycles. The SMILES string of the molecule is CC(C)N(C)S(=O)(=O)c1ccc(NCC(=O)Nc2ccccc2Br)cc1. The van der Waals surface area contributed by atoms with Crippen LogP contribution >= 0.6 is 15.9 Å². The Morgan fingerprint density at radius 3 is 2.31 bits per heavy atom. The summed E-state index contributed by atoms with van der Waals surface area (Å²) in [5.74, 6) is -0.201. The molecule has 0 heterocycles. The third kappa shape index (κ3) is 5.06. The van der Waals surface area contributed by atoms with Crippen LogP contribution in [0.3, 0.4) is 0 Å². The minimum Gasteiger partial charge on any atom is -0.376 e. The lowest BCUT2D eigenvalue weighted by molar-refractivity contribution is -0.114. The van der Waals surface area contributed by atoms with Gasteiger partial charge >= 0.3 is 0 Å². The molecular weight excluding hydrogens is 418 g/mol. The highest BCUT2D eigenvalue weighted by Crippen LogP contribution is 2.21. The number of hydrogen-bond donors (Lipinski definition) is 2. The fourth-order valence-electron chi connectivity index (χ4n) is 2.13. The normalized spacial score (nSPS) is 11.6. The number of nitrogens with one attached hydrogen (secondary N) is 2. The summed E-state index contributed by atoms with van der Waals surface area (Å²) in [6.45, 7) is 3.70. The number of carbonyl (C=O) groups is 1. The second-order valence-corrected chi connectivity index (χ2v) is 8.87. The molecule has 2 rings (SSSR count). The van der Waals surface area contributed by atoms with Crippen LogP contribution in [-0.2, 0) is 14.8 Å². The van der Waals surface area contributed by atoms with E-state index in [4.69, 9.17) is 0 Å². The Morgan fingerprint density at radius 1 is 1.12 bits per heavy atom. The van der Waals surface area contributed by atoms with Gasteiger partial charge in [0.1, 0.15) is 0 Å². The zero-order valence-corrected chi connectivity index (χ0v) is 17.3. The van der Waals surface area contributed by atoms with Crippen LogP contribution in [0.5, 0.6) is 0 Å². The van der Waals surface area contributed by atoms with Gasteiger partial charge in [-0.3, -0.25) is 4.79 Å². The van der Waals surface area contributed by atoms with Crippen LogP contribution in [0.25, 0.3) is 0 Å². The number of amides is 1. The molecule has 0 aromatic heterocycles.